The van der Waals surface area contributed by atoms with E-state index in [9.17, 15) is 0 Å². The van der Waals surface area contributed by atoms with Gasteiger partial charge in [0.1, 0.15) is 17.0 Å². The van der Waals surface area contributed by atoms with Gasteiger partial charge in [0.2, 0.25) is 0 Å². The van der Waals surface area contributed by atoms with Crippen LogP contribution in [0.1, 0.15) is 30.3 Å². The number of fused-ring (bicyclic) bond motifs is 1. The van der Waals surface area contributed by atoms with E-state index in [0.717, 1.165) is 41.9 Å². The molecule has 1 fully saturated rings. The molecule has 0 radical (unpaired) electrons. The van der Waals surface area contributed by atoms with Crippen molar-refractivity contribution in [2.24, 2.45) is 0 Å². The number of aromatic nitrogens is 2. The lowest BCUT2D eigenvalue weighted by Gasteiger charge is -2.20. The lowest BCUT2D eigenvalue weighted by Crippen LogP contribution is -2.22. The predicted octanol–water partition coefficient (Wildman–Crippen LogP) is 3.47. The topological polar surface area (TPSA) is 55.3 Å². The van der Waals surface area contributed by atoms with E-state index in [-0.39, 0.29) is 6.04 Å². The fourth-order valence-corrected chi connectivity index (χ4v) is 2.83. The lowest BCUT2D eigenvalue weighted by molar-refractivity contribution is 0.384. The van der Waals surface area contributed by atoms with Gasteiger partial charge in [0.05, 0.1) is 6.04 Å². The summed E-state index contributed by atoms with van der Waals surface area (Å²) >= 11 is 0. The van der Waals surface area contributed by atoms with Gasteiger partial charge >= 0.3 is 0 Å². The third-order valence-electron chi connectivity index (χ3n) is 3.77. The number of nitrogens with zero attached hydrogens (tertiary/aromatic N) is 3. The second kappa shape index (κ2) is 4.37. The summed E-state index contributed by atoms with van der Waals surface area (Å²) in [5.74, 6) is 0.837. The molecule has 1 aliphatic rings. The van der Waals surface area contributed by atoms with Gasteiger partial charge in [0.15, 0.2) is 5.58 Å². The minimum absolute atomic E-state index is 0.195. The molecular formula is C15H15N3O2. The highest BCUT2D eigenvalue weighted by Crippen LogP contribution is 2.36. The molecule has 5 heteroatoms. The Hall–Kier alpha value is -2.30. The SMILES string of the molecule is Cc1cc([C@H]2CCCN2c2nc3ccccc3o2)no1. The van der Waals surface area contributed by atoms with Crippen LogP contribution in [0.2, 0.25) is 0 Å². The van der Waals surface area contributed by atoms with Crippen LogP contribution in [0.3, 0.4) is 0 Å². The van der Waals surface area contributed by atoms with E-state index >= 15 is 0 Å². The first-order chi connectivity index (χ1) is 9.81. The van der Waals surface area contributed by atoms with Crippen LogP contribution in [-0.4, -0.2) is 16.7 Å². The molecule has 4 rings (SSSR count). The van der Waals surface area contributed by atoms with Crippen LogP contribution in [-0.2, 0) is 0 Å². The fourth-order valence-electron chi connectivity index (χ4n) is 2.83. The summed E-state index contributed by atoms with van der Waals surface area (Å²) in [5.41, 5.74) is 2.68. The molecule has 1 atom stereocenters. The minimum Gasteiger partial charge on any atom is -0.423 e. The zero-order chi connectivity index (χ0) is 13.5. The molecule has 0 spiro atoms. The minimum atomic E-state index is 0.195. The molecule has 0 N–H and O–H groups in total. The number of hydrogen-bond acceptors (Lipinski definition) is 5. The Morgan fingerprint density at radius 2 is 2.20 bits per heavy atom. The smallest absolute Gasteiger partial charge is 0.298 e. The van der Waals surface area contributed by atoms with Crippen LogP contribution in [0.15, 0.2) is 39.3 Å². The molecule has 5 nitrogen and oxygen atoms in total. The number of benzene rings is 1. The lowest BCUT2D eigenvalue weighted by atomic mass is 10.1. The number of rotatable bonds is 2. The molecule has 3 heterocycles. The zero-order valence-electron chi connectivity index (χ0n) is 11.2. The van der Waals surface area contributed by atoms with Crippen LogP contribution in [0.5, 0.6) is 0 Å². The third kappa shape index (κ3) is 1.78. The summed E-state index contributed by atoms with van der Waals surface area (Å²) < 4.78 is 11.1. The first kappa shape index (κ1) is 11.5. The van der Waals surface area contributed by atoms with Crippen molar-refractivity contribution in [2.45, 2.75) is 25.8 Å². The van der Waals surface area contributed by atoms with Crippen molar-refractivity contribution in [3.05, 3.63) is 41.8 Å². The van der Waals surface area contributed by atoms with Crippen LogP contribution in [0.25, 0.3) is 11.1 Å². The Kier molecular flexibility index (Phi) is 2.52. The molecule has 0 aliphatic carbocycles. The van der Waals surface area contributed by atoms with Crippen molar-refractivity contribution in [1.29, 1.82) is 0 Å². The molecule has 0 unspecified atom stereocenters. The molecule has 1 aliphatic heterocycles. The second-order valence-electron chi connectivity index (χ2n) is 5.18. The highest BCUT2D eigenvalue weighted by Gasteiger charge is 2.31. The van der Waals surface area contributed by atoms with Gasteiger partial charge in [-0.2, -0.15) is 4.98 Å². The maximum Gasteiger partial charge on any atom is 0.298 e. The van der Waals surface area contributed by atoms with Gasteiger partial charge in [-0.05, 0) is 31.9 Å². The monoisotopic (exact) mass is 269 g/mol. The van der Waals surface area contributed by atoms with Gasteiger partial charge in [0, 0.05) is 12.6 Å². The van der Waals surface area contributed by atoms with Gasteiger partial charge in [-0.1, -0.05) is 17.3 Å². The second-order valence-corrected chi connectivity index (χ2v) is 5.18. The quantitative estimate of drug-likeness (QED) is 0.713. The highest BCUT2D eigenvalue weighted by atomic mass is 16.5. The van der Waals surface area contributed by atoms with E-state index in [1.807, 2.05) is 37.3 Å². The Morgan fingerprint density at radius 3 is 3.00 bits per heavy atom. The van der Waals surface area contributed by atoms with Crippen molar-refractivity contribution in [3.8, 4) is 0 Å². The summed E-state index contributed by atoms with van der Waals surface area (Å²) in [6.45, 7) is 2.85. The van der Waals surface area contributed by atoms with E-state index in [1.54, 1.807) is 0 Å². The summed E-state index contributed by atoms with van der Waals surface area (Å²) in [5, 5.41) is 4.14. The molecule has 0 bridgehead atoms. The number of anilines is 1. The fraction of sp³-hybridized carbons (Fsp3) is 0.333. The van der Waals surface area contributed by atoms with E-state index in [0.29, 0.717) is 6.01 Å². The van der Waals surface area contributed by atoms with E-state index in [4.69, 9.17) is 8.94 Å². The van der Waals surface area contributed by atoms with Gasteiger partial charge in [-0.25, -0.2) is 0 Å². The van der Waals surface area contributed by atoms with Crippen LogP contribution < -0.4 is 4.90 Å². The van der Waals surface area contributed by atoms with Gasteiger partial charge in [-0.3, -0.25) is 0 Å². The highest BCUT2D eigenvalue weighted by molar-refractivity contribution is 5.74. The van der Waals surface area contributed by atoms with Crippen LogP contribution in [0, 0.1) is 6.92 Å². The number of oxazole rings is 1. The summed E-state index contributed by atoms with van der Waals surface area (Å²) in [4.78, 5) is 6.76. The van der Waals surface area contributed by atoms with Crippen LogP contribution >= 0.6 is 0 Å². The Bertz CT molecular complexity index is 713. The standard InChI is InChI=1S/C15H15N3O2/c1-10-9-12(17-20-10)13-6-4-8-18(13)15-16-11-5-2-3-7-14(11)19-15/h2-3,5,7,9,13H,4,6,8H2,1H3/t13-/m1/s1. The van der Waals surface area contributed by atoms with Crippen molar-refractivity contribution >= 4 is 17.1 Å². The largest absolute Gasteiger partial charge is 0.423 e. The maximum atomic E-state index is 5.87. The molecule has 3 aromatic rings. The van der Waals surface area contributed by atoms with E-state index in [1.165, 1.54) is 0 Å². The molecule has 20 heavy (non-hydrogen) atoms. The maximum absolute atomic E-state index is 5.87. The summed E-state index contributed by atoms with van der Waals surface area (Å²) in [6.07, 6.45) is 2.15. The molecule has 2 aromatic heterocycles. The van der Waals surface area contributed by atoms with Gasteiger partial charge in [-0.15, -0.1) is 0 Å². The summed E-state index contributed by atoms with van der Waals surface area (Å²) in [6, 6.07) is 10.7. The number of para-hydroxylation sites is 2. The van der Waals surface area contributed by atoms with Crippen LogP contribution in [0.4, 0.5) is 6.01 Å². The third-order valence-corrected chi connectivity index (χ3v) is 3.77. The molecule has 0 amide bonds. The van der Waals surface area contributed by atoms with Crippen molar-refractivity contribution < 1.29 is 8.94 Å². The van der Waals surface area contributed by atoms with E-state index < -0.39 is 0 Å². The molecule has 1 aromatic carbocycles. The molecular weight excluding hydrogens is 254 g/mol. The average molecular weight is 269 g/mol. The first-order valence-corrected chi connectivity index (χ1v) is 6.87. The number of aryl methyl sites for hydroxylation is 1. The normalized spacial score (nSPS) is 19.1. The van der Waals surface area contributed by atoms with Crippen molar-refractivity contribution in [3.63, 3.8) is 0 Å². The van der Waals surface area contributed by atoms with Crippen molar-refractivity contribution in [2.75, 3.05) is 11.4 Å². The predicted molar refractivity (Wildman–Crippen MR) is 74.6 cm³/mol. The average Bonchev–Trinajstić information content (AvgIpc) is 3.15. The Balaban J connectivity index is 1.72. The molecule has 0 saturated carbocycles. The molecule has 102 valence electrons. The Morgan fingerprint density at radius 1 is 1.30 bits per heavy atom. The number of hydrogen-bond donors (Lipinski definition) is 0. The van der Waals surface area contributed by atoms with Gasteiger partial charge in [0.25, 0.3) is 6.01 Å². The summed E-state index contributed by atoms with van der Waals surface area (Å²) in [7, 11) is 0. The van der Waals surface area contributed by atoms with E-state index in [2.05, 4.69) is 15.0 Å². The van der Waals surface area contributed by atoms with Gasteiger partial charge < -0.3 is 13.8 Å². The first-order valence-electron chi connectivity index (χ1n) is 6.87. The Labute approximate surface area is 116 Å². The molecule has 1 saturated heterocycles. The van der Waals surface area contributed by atoms with Crippen molar-refractivity contribution in [1.82, 2.24) is 10.1 Å². The zero-order valence-corrected chi connectivity index (χ0v) is 11.2.